The average molecular weight is 328 g/mol. The molecule has 1 rings (SSSR count). The largest absolute Gasteiger partial charge is 0.396 e. The number of aliphatic hydroxyl groups is 1. The Morgan fingerprint density at radius 2 is 1.73 bits per heavy atom. The maximum Gasteiger partial charge on any atom is 0.294 e. The molecule has 1 aromatic rings. The topological polar surface area (TPSA) is 74.6 Å². The third-order valence-electron chi connectivity index (χ3n) is 3.15. The molecule has 1 unspecified atom stereocenters. The fraction of sp³-hybridized carbons (Fsp3) is 0.529. The van der Waals surface area contributed by atoms with Crippen LogP contribution in [0.5, 0.6) is 0 Å². The first kappa shape index (κ1) is 20.8. The molecule has 0 bridgehead atoms. The van der Waals surface area contributed by atoms with Crippen LogP contribution >= 0.6 is 0 Å². The highest BCUT2D eigenvalue weighted by atomic mass is 32.2. The lowest BCUT2D eigenvalue weighted by molar-refractivity contribution is 0.259. The lowest BCUT2D eigenvalue weighted by Crippen LogP contribution is -1.96. The van der Waals surface area contributed by atoms with Gasteiger partial charge in [0.1, 0.15) is 0 Å². The summed E-state index contributed by atoms with van der Waals surface area (Å²) >= 11 is 0. The minimum Gasteiger partial charge on any atom is -0.396 e. The molecule has 1 atom stereocenters. The summed E-state index contributed by atoms with van der Waals surface area (Å²) in [5.41, 5.74) is 2.35. The van der Waals surface area contributed by atoms with E-state index >= 15 is 0 Å². The van der Waals surface area contributed by atoms with Gasteiger partial charge in [-0.1, -0.05) is 36.3 Å². The van der Waals surface area contributed by atoms with Crippen molar-refractivity contribution in [2.24, 2.45) is 5.92 Å². The fourth-order valence-electron chi connectivity index (χ4n) is 1.73. The van der Waals surface area contributed by atoms with Crippen LogP contribution in [0.3, 0.4) is 0 Å². The molecule has 0 fully saturated rings. The Kier molecular flexibility index (Phi) is 9.98. The van der Waals surface area contributed by atoms with Gasteiger partial charge in [-0.05, 0) is 58.1 Å². The zero-order chi connectivity index (χ0) is 17.2. The summed E-state index contributed by atoms with van der Waals surface area (Å²) in [5, 5.41) is 8.63. The summed E-state index contributed by atoms with van der Waals surface area (Å²) < 4.78 is 29.6. The predicted octanol–water partition coefficient (Wildman–Crippen LogP) is 3.99. The molecule has 0 saturated carbocycles. The second-order valence-electron chi connectivity index (χ2n) is 5.76. The molecule has 0 amide bonds. The van der Waals surface area contributed by atoms with Gasteiger partial charge in [-0.25, -0.2) is 0 Å². The molecule has 0 radical (unpaired) electrons. The number of aryl methyl sites for hydroxylation is 1. The van der Waals surface area contributed by atoms with Crippen molar-refractivity contribution in [2.75, 3.05) is 6.61 Å². The molecule has 4 nitrogen and oxygen atoms in total. The first-order valence-electron chi connectivity index (χ1n) is 7.45. The van der Waals surface area contributed by atoms with E-state index in [0.29, 0.717) is 12.5 Å². The smallest absolute Gasteiger partial charge is 0.294 e. The molecule has 0 aromatic heterocycles. The molecule has 22 heavy (non-hydrogen) atoms. The highest BCUT2D eigenvalue weighted by Gasteiger charge is 2.06. The summed E-state index contributed by atoms with van der Waals surface area (Å²) in [6.45, 7) is 8.60. The standard InChI is InChI=1S/C10H20O.C7H8O3S/c1-9(2)5-4-6-10(3)7-8-11;1-6-2-4-7(5-3-6)11(8,9)10/h5,10-11H,4,6-8H2,1-3H3;2-5H,1H3,(H,8,9,10). The van der Waals surface area contributed by atoms with Crippen LogP contribution in [-0.4, -0.2) is 24.7 Å². The summed E-state index contributed by atoms with van der Waals surface area (Å²) in [5.74, 6) is 0.663. The van der Waals surface area contributed by atoms with Crippen LogP contribution < -0.4 is 0 Å². The van der Waals surface area contributed by atoms with Gasteiger partial charge in [0.15, 0.2) is 0 Å². The van der Waals surface area contributed by atoms with E-state index in [1.165, 1.54) is 24.1 Å². The Balaban J connectivity index is 0.000000401. The molecule has 5 heteroatoms. The van der Waals surface area contributed by atoms with Crippen LogP contribution in [0.4, 0.5) is 0 Å². The van der Waals surface area contributed by atoms with Gasteiger partial charge < -0.3 is 5.11 Å². The normalized spacial score (nSPS) is 12.1. The van der Waals surface area contributed by atoms with E-state index in [2.05, 4.69) is 26.8 Å². The first-order valence-corrected chi connectivity index (χ1v) is 8.89. The number of benzene rings is 1. The van der Waals surface area contributed by atoms with E-state index in [9.17, 15) is 8.42 Å². The van der Waals surface area contributed by atoms with Gasteiger partial charge in [0.25, 0.3) is 10.1 Å². The summed E-state index contributed by atoms with van der Waals surface area (Å²) in [4.78, 5) is -0.0666. The number of rotatable bonds is 6. The predicted molar refractivity (Wildman–Crippen MR) is 90.5 cm³/mol. The van der Waals surface area contributed by atoms with Crippen molar-refractivity contribution in [3.8, 4) is 0 Å². The van der Waals surface area contributed by atoms with Crippen molar-refractivity contribution in [3.05, 3.63) is 41.5 Å². The van der Waals surface area contributed by atoms with Gasteiger partial charge in [0, 0.05) is 6.61 Å². The average Bonchev–Trinajstić information content (AvgIpc) is 2.38. The quantitative estimate of drug-likeness (QED) is 0.611. The molecule has 0 saturated heterocycles. The minimum atomic E-state index is -4.02. The summed E-state index contributed by atoms with van der Waals surface area (Å²) in [6.07, 6.45) is 5.56. The van der Waals surface area contributed by atoms with Crippen LogP contribution in [0, 0.1) is 12.8 Å². The molecule has 0 spiro atoms. The Labute approximate surface area is 134 Å². The van der Waals surface area contributed by atoms with Crippen LogP contribution in [-0.2, 0) is 10.1 Å². The van der Waals surface area contributed by atoms with Gasteiger partial charge in [-0.3, -0.25) is 4.55 Å². The third kappa shape index (κ3) is 10.5. The molecule has 1 aromatic carbocycles. The molecule has 0 heterocycles. The monoisotopic (exact) mass is 328 g/mol. The number of aliphatic hydroxyl groups excluding tert-OH is 1. The molecule has 0 aliphatic heterocycles. The Morgan fingerprint density at radius 3 is 2.14 bits per heavy atom. The van der Waals surface area contributed by atoms with Crippen molar-refractivity contribution in [3.63, 3.8) is 0 Å². The molecule has 0 aliphatic carbocycles. The Bertz CT molecular complexity index is 541. The van der Waals surface area contributed by atoms with Crippen molar-refractivity contribution in [1.29, 1.82) is 0 Å². The maximum absolute atomic E-state index is 10.5. The maximum atomic E-state index is 10.5. The number of hydrogen-bond donors (Lipinski definition) is 2. The zero-order valence-electron chi connectivity index (χ0n) is 13.9. The molecule has 0 aliphatic rings. The van der Waals surface area contributed by atoms with E-state index in [4.69, 9.17) is 9.66 Å². The SMILES string of the molecule is CC(C)=CCCC(C)CCO.Cc1ccc(S(=O)(=O)O)cc1. The third-order valence-corrected chi connectivity index (χ3v) is 4.02. The highest BCUT2D eigenvalue weighted by Crippen LogP contribution is 2.10. The second-order valence-corrected chi connectivity index (χ2v) is 7.19. The molecular formula is C17H28O4S. The fourth-order valence-corrected chi connectivity index (χ4v) is 2.21. The van der Waals surface area contributed by atoms with E-state index in [0.717, 1.165) is 18.4 Å². The number of allylic oxidation sites excluding steroid dienone is 2. The van der Waals surface area contributed by atoms with Crippen molar-refractivity contribution in [1.82, 2.24) is 0 Å². The Hall–Kier alpha value is -1.17. The lowest BCUT2D eigenvalue weighted by Gasteiger charge is -2.06. The highest BCUT2D eigenvalue weighted by molar-refractivity contribution is 7.85. The minimum absolute atomic E-state index is 0.0666. The van der Waals surface area contributed by atoms with E-state index < -0.39 is 10.1 Å². The number of hydrogen-bond acceptors (Lipinski definition) is 3. The van der Waals surface area contributed by atoms with Crippen LogP contribution in [0.15, 0.2) is 40.8 Å². The van der Waals surface area contributed by atoms with Crippen molar-refractivity contribution in [2.45, 2.75) is 51.9 Å². The van der Waals surface area contributed by atoms with Gasteiger partial charge in [0.2, 0.25) is 0 Å². The summed E-state index contributed by atoms with van der Waals surface area (Å²) in [7, 11) is -4.02. The summed E-state index contributed by atoms with van der Waals surface area (Å²) in [6, 6.07) is 5.99. The van der Waals surface area contributed by atoms with E-state index in [-0.39, 0.29) is 4.90 Å². The van der Waals surface area contributed by atoms with Gasteiger partial charge >= 0.3 is 0 Å². The van der Waals surface area contributed by atoms with Gasteiger partial charge in [-0.15, -0.1) is 0 Å². The van der Waals surface area contributed by atoms with Crippen LogP contribution in [0.25, 0.3) is 0 Å². The van der Waals surface area contributed by atoms with Crippen LogP contribution in [0.2, 0.25) is 0 Å². The lowest BCUT2D eigenvalue weighted by atomic mass is 10.0. The van der Waals surface area contributed by atoms with Crippen molar-refractivity contribution >= 4 is 10.1 Å². The van der Waals surface area contributed by atoms with Gasteiger partial charge in [0.05, 0.1) is 4.90 Å². The van der Waals surface area contributed by atoms with Crippen LogP contribution in [0.1, 0.15) is 45.6 Å². The molecular weight excluding hydrogens is 300 g/mol. The zero-order valence-corrected chi connectivity index (χ0v) is 14.7. The first-order chi connectivity index (χ1) is 10.2. The molecule has 2 N–H and O–H groups in total. The van der Waals surface area contributed by atoms with Gasteiger partial charge in [-0.2, -0.15) is 8.42 Å². The molecule has 126 valence electrons. The van der Waals surface area contributed by atoms with E-state index in [1.807, 2.05) is 6.92 Å². The van der Waals surface area contributed by atoms with Crippen molar-refractivity contribution < 1.29 is 18.1 Å². The van der Waals surface area contributed by atoms with E-state index in [1.54, 1.807) is 12.1 Å². The Morgan fingerprint density at radius 1 is 1.18 bits per heavy atom. The second kappa shape index (κ2) is 10.5.